The minimum atomic E-state index is 0.202. The van der Waals surface area contributed by atoms with Crippen LogP contribution in [0.1, 0.15) is 44.6 Å². The molecular formula is C22H34ClN3O2. The number of hydrogen-bond acceptors (Lipinski definition) is 3. The van der Waals surface area contributed by atoms with Crippen LogP contribution in [0, 0.1) is 0 Å². The van der Waals surface area contributed by atoms with E-state index in [1.807, 2.05) is 12.1 Å². The Morgan fingerprint density at radius 2 is 1.93 bits per heavy atom. The van der Waals surface area contributed by atoms with Gasteiger partial charge in [0.2, 0.25) is 0 Å². The van der Waals surface area contributed by atoms with E-state index in [9.17, 15) is 0 Å². The molecule has 0 spiro atoms. The van der Waals surface area contributed by atoms with Gasteiger partial charge in [0, 0.05) is 50.4 Å². The summed E-state index contributed by atoms with van der Waals surface area (Å²) in [6.07, 6.45) is 5.84. The Bertz CT molecular complexity index is 623. The van der Waals surface area contributed by atoms with E-state index in [1.165, 1.54) is 18.4 Å². The van der Waals surface area contributed by atoms with E-state index in [1.54, 1.807) is 7.11 Å². The number of aliphatic imine (C=N–C) groups is 1. The maximum atomic E-state index is 6.05. The third-order valence-corrected chi connectivity index (χ3v) is 6.02. The van der Waals surface area contributed by atoms with E-state index >= 15 is 0 Å². The Kier molecular flexibility index (Phi) is 8.00. The zero-order chi connectivity index (χ0) is 19.8. The largest absolute Gasteiger partial charge is 0.385 e. The van der Waals surface area contributed by atoms with Gasteiger partial charge >= 0.3 is 0 Å². The van der Waals surface area contributed by atoms with Gasteiger partial charge in [0.25, 0.3) is 0 Å². The number of benzene rings is 1. The van der Waals surface area contributed by atoms with Crippen LogP contribution in [-0.2, 0) is 14.9 Å². The molecule has 2 fully saturated rings. The molecule has 2 aliphatic rings. The molecule has 0 aromatic heterocycles. The van der Waals surface area contributed by atoms with E-state index < -0.39 is 0 Å². The highest BCUT2D eigenvalue weighted by Gasteiger charge is 2.44. The molecule has 1 saturated carbocycles. The van der Waals surface area contributed by atoms with Gasteiger partial charge in [-0.25, -0.2) is 0 Å². The lowest BCUT2D eigenvalue weighted by Gasteiger charge is -2.34. The predicted octanol–water partition coefficient (Wildman–Crippen LogP) is 3.85. The molecule has 1 aromatic rings. The summed E-state index contributed by atoms with van der Waals surface area (Å²) in [7, 11) is 1.73. The standard InChI is InChI=1S/C22H34ClN3O2/c1-3-24-21(26-13-9-20(10-14-26)28-16-4-15-27-2)25-17-22(11-12-22)18-5-7-19(23)8-6-18/h5-8,20H,3-4,9-17H2,1-2H3,(H,24,25). The third kappa shape index (κ3) is 5.85. The van der Waals surface area contributed by atoms with Gasteiger partial charge in [0.1, 0.15) is 0 Å². The Morgan fingerprint density at radius 1 is 1.21 bits per heavy atom. The summed E-state index contributed by atoms with van der Waals surface area (Å²) in [5.74, 6) is 1.04. The highest BCUT2D eigenvalue weighted by molar-refractivity contribution is 6.30. The van der Waals surface area contributed by atoms with Crippen molar-refractivity contribution in [2.24, 2.45) is 4.99 Å². The number of nitrogens with one attached hydrogen (secondary N) is 1. The minimum Gasteiger partial charge on any atom is -0.385 e. The van der Waals surface area contributed by atoms with Crippen molar-refractivity contribution in [1.29, 1.82) is 0 Å². The maximum absolute atomic E-state index is 6.05. The smallest absolute Gasteiger partial charge is 0.193 e. The Hall–Kier alpha value is -1.30. The summed E-state index contributed by atoms with van der Waals surface area (Å²) >= 11 is 6.05. The number of ether oxygens (including phenoxy) is 2. The lowest BCUT2D eigenvalue weighted by atomic mass is 9.96. The van der Waals surface area contributed by atoms with Gasteiger partial charge in [-0.3, -0.25) is 4.99 Å². The van der Waals surface area contributed by atoms with Crippen molar-refractivity contribution in [3.63, 3.8) is 0 Å². The highest BCUT2D eigenvalue weighted by Crippen LogP contribution is 2.48. The monoisotopic (exact) mass is 407 g/mol. The van der Waals surface area contributed by atoms with Gasteiger partial charge in [0.15, 0.2) is 5.96 Å². The molecule has 1 saturated heterocycles. The number of halogens is 1. The molecule has 0 bridgehead atoms. The normalized spacial score (nSPS) is 19.7. The Balaban J connectivity index is 1.53. The molecule has 6 heteroatoms. The topological polar surface area (TPSA) is 46.1 Å². The van der Waals surface area contributed by atoms with Crippen molar-refractivity contribution in [3.8, 4) is 0 Å². The summed E-state index contributed by atoms with van der Waals surface area (Å²) < 4.78 is 11.1. The fourth-order valence-electron chi connectivity index (χ4n) is 3.83. The van der Waals surface area contributed by atoms with Crippen LogP contribution in [0.3, 0.4) is 0 Å². The molecule has 156 valence electrons. The summed E-state index contributed by atoms with van der Waals surface area (Å²) in [4.78, 5) is 7.41. The number of hydrogen-bond donors (Lipinski definition) is 1. The lowest BCUT2D eigenvalue weighted by molar-refractivity contribution is 0.00990. The van der Waals surface area contributed by atoms with Crippen LogP contribution in [0.4, 0.5) is 0 Å². The second-order valence-corrected chi connectivity index (χ2v) is 8.30. The molecule has 0 radical (unpaired) electrons. The van der Waals surface area contributed by atoms with Crippen LogP contribution < -0.4 is 5.32 Å². The van der Waals surface area contributed by atoms with E-state index in [-0.39, 0.29) is 5.41 Å². The van der Waals surface area contributed by atoms with Gasteiger partial charge < -0.3 is 19.7 Å². The Morgan fingerprint density at radius 3 is 2.54 bits per heavy atom. The molecule has 1 aromatic carbocycles. The van der Waals surface area contributed by atoms with Crippen LogP contribution in [0.15, 0.2) is 29.3 Å². The first kappa shape index (κ1) is 21.4. The first-order chi connectivity index (χ1) is 13.7. The van der Waals surface area contributed by atoms with Crippen molar-refractivity contribution < 1.29 is 9.47 Å². The summed E-state index contributed by atoms with van der Waals surface area (Å²) in [6, 6.07) is 8.29. The molecule has 0 unspecified atom stereocenters. The van der Waals surface area contributed by atoms with E-state index in [0.717, 1.165) is 69.6 Å². The van der Waals surface area contributed by atoms with E-state index in [0.29, 0.717) is 6.10 Å². The first-order valence-corrected chi connectivity index (χ1v) is 10.9. The van der Waals surface area contributed by atoms with Crippen LogP contribution in [-0.4, -0.2) is 63.5 Å². The molecule has 5 nitrogen and oxygen atoms in total. The zero-order valence-electron chi connectivity index (χ0n) is 17.3. The molecule has 1 heterocycles. The highest BCUT2D eigenvalue weighted by atomic mass is 35.5. The fourth-order valence-corrected chi connectivity index (χ4v) is 3.96. The lowest BCUT2D eigenvalue weighted by Crippen LogP contribution is -2.47. The van der Waals surface area contributed by atoms with Crippen LogP contribution in [0.5, 0.6) is 0 Å². The first-order valence-electron chi connectivity index (χ1n) is 10.6. The van der Waals surface area contributed by atoms with Crippen molar-refractivity contribution >= 4 is 17.6 Å². The van der Waals surface area contributed by atoms with Crippen molar-refractivity contribution in [2.75, 3.05) is 46.5 Å². The zero-order valence-corrected chi connectivity index (χ0v) is 18.0. The summed E-state index contributed by atoms with van der Waals surface area (Å²) in [5.41, 5.74) is 1.56. The van der Waals surface area contributed by atoms with Crippen LogP contribution >= 0.6 is 11.6 Å². The van der Waals surface area contributed by atoms with Crippen molar-refractivity contribution in [3.05, 3.63) is 34.9 Å². The molecule has 0 atom stereocenters. The van der Waals surface area contributed by atoms with Gasteiger partial charge in [0.05, 0.1) is 12.6 Å². The number of nitrogens with zero attached hydrogens (tertiary/aromatic N) is 2. The molecule has 3 rings (SSSR count). The SMILES string of the molecule is CCNC(=NCC1(c2ccc(Cl)cc2)CC1)N1CCC(OCCCOC)CC1. The molecule has 0 amide bonds. The predicted molar refractivity (Wildman–Crippen MR) is 115 cm³/mol. The van der Waals surface area contributed by atoms with E-state index in [4.69, 9.17) is 26.1 Å². The second-order valence-electron chi connectivity index (χ2n) is 7.86. The van der Waals surface area contributed by atoms with Crippen LogP contribution in [0.25, 0.3) is 0 Å². The number of likely N-dealkylation sites (tertiary alicyclic amines) is 1. The summed E-state index contributed by atoms with van der Waals surface area (Å²) in [5, 5.41) is 4.28. The van der Waals surface area contributed by atoms with Gasteiger partial charge in [-0.2, -0.15) is 0 Å². The second kappa shape index (κ2) is 10.5. The molecular weight excluding hydrogens is 374 g/mol. The van der Waals surface area contributed by atoms with Crippen molar-refractivity contribution in [1.82, 2.24) is 10.2 Å². The van der Waals surface area contributed by atoms with E-state index in [2.05, 4.69) is 29.3 Å². The number of guanidine groups is 1. The average Bonchev–Trinajstić information content (AvgIpc) is 3.51. The number of methoxy groups -OCH3 is 1. The number of piperidine rings is 1. The summed E-state index contributed by atoms with van der Waals surface area (Å²) in [6.45, 7) is 7.41. The van der Waals surface area contributed by atoms with Gasteiger partial charge in [-0.1, -0.05) is 23.7 Å². The van der Waals surface area contributed by atoms with Gasteiger partial charge in [-0.15, -0.1) is 0 Å². The quantitative estimate of drug-likeness (QED) is 0.383. The minimum absolute atomic E-state index is 0.202. The van der Waals surface area contributed by atoms with Crippen LogP contribution in [0.2, 0.25) is 5.02 Å². The molecule has 1 aliphatic heterocycles. The van der Waals surface area contributed by atoms with Crippen molar-refractivity contribution in [2.45, 2.75) is 50.5 Å². The Labute approximate surface area is 174 Å². The maximum Gasteiger partial charge on any atom is 0.193 e. The molecule has 1 N–H and O–H groups in total. The fraction of sp³-hybridized carbons (Fsp3) is 0.682. The van der Waals surface area contributed by atoms with Gasteiger partial charge in [-0.05, 0) is 56.7 Å². The molecule has 28 heavy (non-hydrogen) atoms. The average molecular weight is 408 g/mol. The number of rotatable bonds is 9. The molecule has 1 aliphatic carbocycles. The third-order valence-electron chi connectivity index (χ3n) is 5.76.